The van der Waals surface area contributed by atoms with Crippen LogP contribution in [0.5, 0.6) is 0 Å². The number of urea groups is 1. The molecule has 0 aliphatic carbocycles. The van der Waals surface area contributed by atoms with Gasteiger partial charge in [0.1, 0.15) is 17.1 Å². The van der Waals surface area contributed by atoms with Gasteiger partial charge in [0, 0.05) is 5.56 Å². The van der Waals surface area contributed by atoms with Crippen LogP contribution in [0.15, 0.2) is 82.5 Å². The molecule has 3 rings (SSSR count). The quantitative estimate of drug-likeness (QED) is 0.197. The van der Waals surface area contributed by atoms with Crippen molar-refractivity contribution in [3.8, 4) is 11.3 Å². The van der Waals surface area contributed by atoms with Gasteiger partial charge in [-0.05, 0) is 48.8 Å². The highest BCUT2D eigenvalue weighted by Gasteiger charge is 2.37. The molecule has 8 heteroatoms. The maximum Gasteiger partial charge on any atom is 0.336 e. The van der Waals surface area contributed by atoms with Gasteiger partial charge in [0.2, 0.25) is 0 Å². The summed E-state index contributed by atoms with van der Waals surface area (Å²) >= 11 is 0. The standard InChI is InChI=1S/C27H26N2O6.2C2H6/c1-4-9-17(6-3)15-18(10-5-2)29-25(31)22(24(30)28-27(29)34)16-19-13-14-23(35-19)20-11-7-8-12-21(20)26(32)33;2*1-2/h6-8,10-16H,3-5,9H2,1-2H3,(H,32,33)(H,28,30,34);2*1-2H3/b17-15+,18-10+,22-16+;;. The number of carbonyl (C=O) groups excluding carboxylic acids is 3. The molecule has 1 aliphatic heterocycles. The number of hydrogen-bond donors (Lipinski definition) is 2. The second-order valence-corrected chi connectivity index (χ2v) is 7.72. The Kier molecular flexibility index (Phi) is 13.7. The predicted molar refractivity (Wildman–Crippen MR) is 154 cm³/mol. The summed E-state index contributed by atoms with van der Waals surface area (Å²) in [5, 5.41) is 11.6. The molecular formula is C31H38N2O6. The number of imide groups is 2. The zero-order valence-corrected chi connectivity index (χ0v) is 23.5. The maximum absolute atomic E-state index is 13.3. The van der Waals surface area contributed by atoms with E-state index in [1.807, 2.05) is 41.5 Å². The highest BCUT2D eigenvalue weighted by molar-refractivity contribution is 6.31. The molecule has 4 amide bonds. The lowest BCUT2D eigenvalue weighted by molar-refractivity contribution is -0.128. The Morgan fingerprint density at radius 2 is 1.72 bits per heavy atom. The van der Waals surface area contributed by atoms with Crippen LogP contribution in [0.2, 0.25) is 0 Å². The van der Waals surface area contributed by atoms with E-state index in [4.69, 9.17) is 4.42 Å². The first-order valence-corrected chi connectivity index (χ1v) is 13.2. The Bertz CT molecular complexity index is 1280. The Morgan fingerprint density at radius 3 is 2.31 bits per heavy atom. The second-order valence-electron chi connectivity index (χ2n) is 7.72. The monoisotopic (exact) mass is 534 g/mol. The number of nitrogens with zero attached hydrogens (tertiary/aromatic N) is 1. The van der Waals surface area contributed by atoms with E-state index in [1.54, 1.807) is 42.5 Å². The third-order valence-electron chi connectivity index (χ3n) is 5.24. The van der Waals surface area contributed by atoms with Gasteiger partial charge in [-0.25, -0.2) is 14.5 Å². The van der Waals surface area contributed by atoms with Gasteiger partial charge in [-0.1, -0.05) is 84.9 Å². The van der Waals surface area contributed by atoms with Crippen LogP contribution < -0.4 is 5.32 Å². The van der Waals surface area contributed by atoms with Gasteiger partial charge < -0.3 is 9.52 Å². The molecule has 208 valence electrons. The van der Waals surface area contributed by atoms with Crippen molar-refractivity contribution in [2.75, 3.05) is 0 Å². The van der Waals surface area contributed by atoms with Gasteiger partial charge in [0.15, 0.2) is 0 Å². The summed E-state index contributed by atoms with van der Waals surface area (Å²) in [7, 11) is 0. The molecule has 0 atom stereocenters. The van der Waals surface area contributed by atoms with Gasteiger partial charge in [-0.2, -0.15) is 0 Å². The Hall–Kier alpha value is -4.46. The van der Waals surface area contributed by atoms with Crippen molar-refractivity contribution >= 4 is 29.9 Å². The third-order valence-corrected chi connectivity index (χ3v) is 5.24. The molecule has 0 bridgehead atoms. The largest absolute Gasteiger partial charge is 0.478 e. The highest BCUT2D eigenvalue weighted by atomic mass is 16.4. The minimum absolute atomic E-state index is 0.0514. The molecule has 1 aromatic heterocycles. The first kappa shape index (κ1) is 32.6. The molecular weight excluding hydrogens is 496 g/mol. The first-order chi connectivity index (χ1) is 18.8. The Morgan fingerprint density at radius 1 is 1.05 bits per heavy atom. The van der Waals surface area contributed by atoms with Crippen LogP contribution in [0.4, 0.5) is 4.79 Å². The van der Waals surface area contributed by atoms with Gasteiger partial charge in [-0.15, -0.1) is 0 Å². The van der Waals surface area contributed by atoms with E-state index < -0.39 is 23.8 Å². The van der Waals surface area contributed by atoms with Crippen molar-refractivity contribution in [3.05, 3.63) is 89.4 Å². The summed E-state index contributed by atoms with van der Waals surface area (Å²) in [5.41, 5.74) is 1.31. The smallest absolute Gasteiger partial charge is 0.336 e. The summed E-state index contributed by atoms with van der Waals surface area (Å²) in [4.78, 5) is 50.9. The van der Waals surface area contributed by atoms with Crippen LogP contribution in [0.25, 0.3) is 17.4 Å². The van der Waals surface area contributed by atoms with E-state index in [9.17, 15) is 24.3 Å². The molecule has 0 spiro atoms. The van der Waals surface area contributed by atoms with Crippen LogP contribution in [-0.4, -0.2) is 33.8 Å². The molecule has 1 aromatic carbocycles. The highest BCUT2D eigenvalue weighted by Crippen LogP contribution is 2.28. The molecule has 1 aliphatic rings. The molecule has 2 heterocycles. The minimum atomic E-state index is -1.11. The van der Waals surface area contributed by atoms with Crippen molar-refractivity contribution in [1.29, 1.82) is 0 Å². The number of carbonyl (C=O) groups is 4. The number of allylic oxidation sites excluding steroid dienone is 4. The molecule has 1 saturated heterocycles. The van der Waals surface area contributed by atoms with Crippen molar-refractivity contribution in [2.24, 2.45) is 0 Å². The molecule has 0 saturated carbocycles. The van der Waals surface area contributed by atoms with E-state index in [1.165, 1.54) is 18.2 Å². The average molecular weight is 535 g/mol. The minimum Gasteiger partial charge on any atom is -0.478 e. The van der Waals surface area contributed by atoms with Crippen LogP contribution in [-0.2, 0) is 9.59 Å². The number of amides is 4. The normalized spacial score (nSPS) is 14.7. The summed E-state index contributed by atoms with van der Waals surface area (Å²) in [6.07, 6.45) is 8.45. The van der Waals surface area contributed by atoms with Crippen molar-refractivity contribution < 1.29 is 28.7 Å². The fourth-order valence-corrected chi connectivity index (χ4v) is 3.63. The fourth-order valence-electron chi connectivity index (χ4n) is 3.63. The SMILES string of the molecule is C=C/C(=C\C(=C/CC)N1C(=O)NC(=O)/C(=C\c2ccc(-c3ccccc3C(=O)O)o2)C1=O)CCC.CC.CC. The van der Waals surface area contributed by atoms with Gasteiger partial charge >= 0.3 is 12.0 Å². The zero-order valence-electron chi connectivity index (χ0n) is 23.5. The Balaban J connectivity index is 0.00000181. The summed E-state index contributed by atoms with van der Waals surface area (Å²) < 4.78 is 5.73. The van der Waals surface area contributed by atoms with E-state index >= 15 is 0 Å². The summed E-state index contributed by atoms with van der Waals surface area (Å²) in [6.45, 7) is 15.7. The number of barbiturate groups is 1. The van der Waals surface area contributed by atoms with Gasteiger partial charge in [-0.3, -0.25) is 14.9 Å². The zero-order chi connectivity index (χ0) is 29.5. The fraction of sp³-hybridized carbons (Fsp3) is 0.290. The van der Waals surface area contributed by atoms with Crippen molar-refractivity contribution in [2.45, 2.75) is 60.8 Å². The first-order valence-electron chi connectivity index (χ1n) is 13.2. The molecule has 0 unspecified atom stereocenters. The van der Waals surface area contributed by atoms with Crippen LogP contribution in [0.1, 0.15) is 76.9 Å². The molecule has 8 nitrogen and oxygen atoms in total. The van der Waals surface area contributed by atoms with E-state index in [2.05, 4.69) is 11.9 Å². The van der Waals surface area contributed by atoms with E-state index in [-0.39, 0.29) is 22.7 Å². The Labute approximate surface area is 230 Å². The second kappa shape index (κ2) is 16.4. The molecule has 39 heavy (non-hydrogen) atoms. The molecule has 2 N–H and O–H groups in total. The summed E-state index contributed by atoms with van der Waals surface area (Å²) in [6, 6.07) is 8.55. The summed E-state index contributed by atoms with van der Waals surface area (Å²) in [5.74, 6) is -2.34. The maximum atomic E-state index is 13.3. The number of hydrogen-bond acceptors (Lipinski definition) is 5. The number of nitrogens with one attached hydrogen (secondary N) is 1. The average Bonchev–Trinajstić information content (AvgIpc) is 3.41. The van der Waals surface area contributed by atoms with Crippen molar-refractivity contribution in [3.63, 3.8) is 0 Å². The van der Waals surface area contributed by atoms with Crippen LogP contribution in [0, 0.1) is 0 Å². The van der Waals surface area contributed by atoms with E-state index in [0.29, 0.717) is 24.1 Å². The number of carboxylic acids is 1. The molecule has 1 fully saturated rings. The number of rotatable bonds is 9. The van der Waals surface area contributed by atoms with Gasteiger partial charge in [0.25, 0.3) is 11.8 Å². The van der Waals surface area contributed by atoms with Crippen molar-refractivity contribution in [1.82, 2.24) is 10.2 Å². The lowest BCUT2D eigenvalue weighted by Gasteiger charge is -2.27. The lowest BCUT2D eigenvalue weighted by atomic mass is 10.1. The van der Waals surface area contributed by atoms with Gasteiger partial charge in [0.05, 0.1) is 11.3 Å². The predicted octanol–water partition coefficient (Wildman–Crippen LogP) is 7.37. The number of aromatic carboxylic acids is 1. The lowest BCUT2D eigenvalue weighted by Crippen LogP contribution is -2.53. The third kappa shape index (κ3) is 8.26. The van der Waals surface area contributed by atoms with E-state index in [0.717, 1.165) is 16.9 Å². The molecule has 2 aromatic rings. The van der Waals surface area contributed by atoms with Crippen LogP contribution >= 0.6 is 0 Å². The number of furan rings is 1. The topological polar surface area (TPSA) is 117 Å². The number of carboxylic acid groups (broad SMARTS) is 1. The van der Waals surface area contributed by atoms with Crippen LogP contribution in [0.3, 0.4) is 0 Å². The molecule has 0 radical (unpaired) electrons. The number of benzene rings is 1.